The van der Waals surface area contributed by atoms with Crippen molar-refractivity contribution in [2.75, 3.05) is 74.0 Å². The number of anilines is 3. The molecule has 5 saturated heterocycles. The van der Waals surface area contributed by atoms with Gasteiger partial charge in [0.2, 0.25) is 11.8 Å². The maximum absolute atomic E-state index is 12.9. The van der Waals surface area contributed by atoms with Gasteiger partial charge in [-0.3, -0.25) is 34.2 Å². The van der Waals surface area contributed by atoms with Crippen molar-refractivity contribution in [1.29, 1.82) is 0 Å². The van der Waals surface area contributed by atoms with Crippen molar-refractivity contribution in [2.45, 2.75) is 50.2 Å². The van der Waals surface area contributed by atoms with Gasteiger partial charge in [-0.1, -0.05) is 12.1 Å². The molecule has 6 aliphatic rings. The van der Waals surface area contributed by atoms with Crippen LogP contribution in [0, 0.1) is 0 Å². The Labute approximate surface area is 346 Å². The van der Waals surface area contributed by atoms with E-state index < -0.39 is 5.92 Å². The van der Waals surface area contributed by atoms with Crippen LogP contribution in [0.5, 0.6) is 0 Å². The number of thiophene rings is 1. The number of nitrogens with zero attached hydrogens (tertiary/aromatic N) is 7. The van der Waals surface area contributed by atoms with Crippen molar-refractivity contribution in [1.82, 2.24) is 35.2 Å². The van der Waals surface area contributed by atoms with Gasteiger partial charge in [-0.25, -0.2) is 4.98 Å². The number of carbonyl (C=O) groups is 3. The number of piperidine rings is 2. The smallest absolute Gasteiger partial charge is 0.263 e. The van der Waals surface area contributed by atoms with Gasteiger partial charge in [0.15, 0.2) is 0 Å². The molecule has 3 aromatic heterocycles. The molecule has 0 saturated carbocycles. The monoisotopic (exact) mass is 808 g/mol. The number of benzene rings is 3. The van der Waals surface area contributed by atoms with Crippen LogP contribution in [0.15, 0.2) is 66.7 Å². The first-order chi connectivity index (χ1) is 28.7. The number of imide groups is 1. The molecule has 59 heavy (non-hydrogen) atoms. The molecule has 3 unspecified atom stereocenters. The van der Waals surface area contributed by atoms with Crippen LogP contribution < -0.4 is 25.8 Å². The quantitative estimate of drug-likeness (QED) is 0.186. The zero-order valence-electron chi connectivity index (χ0n) is 33.4. The molecule has 0 aliphatic carbocycles. The van der Waals surface area contributed by atoms with E-state index in [0.29, 0.717) is 31.5 Å². The Morgan fingerprint density at radius 3 is 2.51 bits per heavy atom. The third-order valence-corrected chi connectivity index (χ3v) is 14.5. The summed E-state index contributed by atoms with van der Waals surface area (Å²) in [6.45, 7) is 11.0. The minimum absolute atomic E-state index is 0.00992. The standard InChI is InChI=1S/C45H48N10O3S/c1-26-23-46-42-40-32-8-10-35(48-36(32)11-12-38(40)59-43(42)45(58)47-26)27-4-3-5-28(20-27)54-24-30-21-31(25-54)55(30)19-16-52-14-17-53(18-15-52)29-6-7-33-37(22-29)51(2)50-41(33)34-9-13-39(56)49-44(34)57/h3-8,10-12,20,22,26,30-31,34,46H,9,13-19,21,23-25H2,1-2H3,(H,47,58)(H,49,56,57)/t26-,30?,31?,34?/m1/s1. The number of nitrogens with one attached hydrogen (secondary N) is 3. The molecule has 13 nitrogen and oxygen atoms in total. The van der Waals surface area contributed by atoms with E-state index in [-0.39, 0.29) is 23.8 Å². The van der Waals surface area contributed by atoms with Crippen molar-refractivity contribution >= 4 is 78.0 Å². The highest BCUT2D eigenvalue weighted by molar-refractivity contribution is 7.21. The number of rotatable bonds is 7. The Bertz CT molecular complexity index is 2670. The van der Waals surface area contributed by atoms with Crippen LogP contribution in [0.25, 0.3) is 43.1 Å². The summed E-state index contributed by atoms with van der Waals surface area (Å²) in [5.74, 6) is -0.855. The maximum atomic E-state index is 12.9. The van der Waals surface area contributed by atoms with Crippen LogP contribution in [0.4, 0.5) is 17.1 Å². The van der Waals surface area contributed by atoms with E-state index in [0.717, 1.165) is 112 Å². The molecular formula is C45H48N10O3S. The van der Waals surface area contributed by atoms with E-state index in [1.807, 2.05) is 18.7 Å². The fourth-order valence-electron chi connectivity index (χ4n) is 10.2. The number of amides is 3. The van der Waals surface area contributed by atoms with Gasteiger partial charge in [0.05, 0.1) is 34.0 Å². The number of carbonyl (C=O) groups excluding carboxylic acids is 3. The third-order valence-electron chi connectivity index (χ3n) is 13.4. The molecule has 3 amide bonds. The molecule has 14 heteroatoms. The minimum atomic E-state index is -0.393. The van der Waals surface area contributed by atoms with Gasteiger partial charge in [0, 0.05) is 128 Å². The number of aromatic nitrogens is 3. The Morgan fingerprint density at radius 1 is 0.864 bits per heavy atom. The van der Waals surface area contributed by atoms with E-state index in [1.54, 1.807) is 11.3 Å². The molecule has 0 radical (unpaired) electrons. The van der Waals surface area contributed by atoms with Crippen LogP contribution in [0.2, 0.25) is 0 Å². The summed E-state index contributed by atoms with van der Waals surface area (Å²) in [6.07, 6.45) is 2.12. The van der Waals surface area contributed by atoms with Crippen LogP contribution in [0.1, 0.15) is 47.5 Å². The van der Waals surface area contributed by atoms with Crippen molar-refractivity contribution in [3.05, 3.63) is 77.3 Å². The summed E-state index contributed by atoms with van der Waals surface area (Å²) in [5.41, 5.74) is 8.15. The van der Waals surface area contributed by atoms with Crippen molar-refractivity contribution in [3.63, 3.8) is 0 Å². The third kappa shape index (κ3) is 6.39. The van der Waals surface area contributed by atoms with Crippen LogP contribution in [-0.2, 0) is 16.6 Å². The molecule has 12 rings (SSSR count). The van der Waals surface area contributed by atoms with Crippen molar-refractivity contribution < 1.29 is 14.4 Å². The SMILES string of the molecule is C[C@@H]1CNc2c(sc3ccc4nc(-c5cccc(N6CC7CC(C6)N7CCN6CCN(c7ccc8c(C9CCC(=O)NC9=O)nn(C)c8c7)CC6)c5)ccc4c23)C(=O)N1. The lowest BCUT2D eigenvalue weighted by molar-refractivity contribution is -0.134. The fourth-order valence-corrected chi connectivity index (χ4v) is 11.3. The highest BCUT2D eigenvalue weighted by Gasteiger charge is 2.44. The number of aryl methyl sites for hydroxylation is 1. The summed E-state index contributed by atoms with van der Waals surface area (Å²) in [6, 6.07) is 25.0. The Morgan fingerprint density at radius 2 is 1.68 bits per heavy atom. The molecule has 9 heterocycles. The maximum Gasteiger partial charge on any atom is 0.263 e. The lowest BCUT2D eigenvalue weighted by Gasteiger charge is -2.57. The average Bonchev–Trinajstić information content (AvgIpc) is 3.75. The molecule has 0 spiro atoms. The average molecular weight is 809 g/mol. The predicted octanol–water partition coefficient (Wildman–Crippen LogP) is 5.15. The molecule has 4 atom stereocenters. The minimum Gasteiger partial charge on any atom is -0.381 e. The molecule has 3 aromatic carbocycles. The van der Waals surface area contributed by atoms with Crippen LogP contribution in [0.3, 0.4) is 0 Å². The molecule has 6 aliphatic heterocycles. The van der Waals surface area contributed by atoms with Gasteiger partial charge in [0.1, 0.15) is 4.88 Å². The summed E-state index contributed by atoms with van der Waals surface area (Å²) < 4.78 is 2.96. The number of pyridine rings is 1. The molecule has 6 aromatic rings. The Balaban J connectivity index is 0.707. The summed E-state index contributed by atoms with van der Waals surface area (Å²) >= 11 is 1.54. The molecule has 2 bridgehead atoms. The Kier molecular flexibility index (Phi) is 8.86. The van der Waals surface area contributed by atoms with Gasteiger partial charge in [-0.05, 0) is 74.4 Å². The van der Waals surface area contributed by atoms with Gasteiger partial charge < -0.3 is 20.4 Å². The van der Waals surface area contributed by atoms with E-state index in [2.05, 4.69) is 102 Å². The first kappa shape index (κ1) is 36.5. The van der Waals surface area contributed by atoms with Crippen molar-refractivity contribution in [2.24, 2.45) is 7.05 Å². The zero-order valence-corrected chi connectivity index (χ0v) is 34.2. The number of hydrogen-bond donors (Lipinski definition) is 3. The lowest BCUT2D eigenvalue weighted by atomic mass is 9.87. The topological polar surface area (TPSA) is 131 Å². The first-order valence-electron chi connectivity index (χ1n) is 21.0. The predicted molar refractivity (Wildman–Crippen MR) is 234 cm³/mol. The van der Waals surface area contributed by atoms with E-state index in [9.17, 15) is 14.4 Å². The fraction of sp³-hybridized carbons (Fsp3) is 0.400. The molecular weight excluding hydrogens is 761 g/mol. The van der Waals surface area contributed by atoms with Gasteiger partial charge >= 0.3 is 0 Å². The second kappa shape index (κ2) is 14.3. The van der Waals surface area contributed by atoms with Gasteiger partial charge in [0.25, 0.3) is 5.91 Å². The van der Waals surface area contributed by atoms with E-state index in [1.165, 1.54) is 17.8 Å². The van der Waals surface area contributed by atoms with Gasteiger partial charge in [-0.15, -0.1) is 11.3 Å². The Hall–Kier alpha value is -5.57. The van der Waals surface area contributed by atoms with Gasteiger partial charge in [-0.2, -0.15) is 5.10 Å². The normalized spacial score (nSPS) is 23.9. The number of fused-ring (bicyclic) bond motifs is 8. The highest BCUT2D eigenvalue weighted by Crippen LogP contribution is 2.42. The van der Waals surface area contributed by atoms with Crippen LogP contribution >= 0.6 is 11.3 Å². The molecule has 302 valence electrons. The van der Waals surface area contributed by atoms with E-state index in [4.69, 9.17) is 10.1 Å². The summed E-state index contributed by atoms with van der Waals surface area (Å²) in [7, 11) is 1.93. The summed E-state index contributed by atoms with van der Waals surface area (Å²) in [5, 5.41) is 17.0. The summed E-state index contributed by atoms with van der Waals surface area (Å²) in [4.78, 5) is 53.5. The zero-order chi connectivity index (χ0) is 39.9. The highest BCUT2D eigenvalue weighted by atomic mass is 32.1. The second-order valence-corrected chi connectivity index (χ2v) is 18.1. The number of hydrogen-bond acceptors (Lipinski definition) is 11. The van der Waals surface area contributed by atoms with E-state index >= 15 is 0 Å². The lowest BCUT2D eigenvalue weighted by Crippen LogP contribution is -2.69. The molecule has 5 fully saturated rings. The first-order valence-corrected chi connectivity index (χ1v) is 21.9. The largest absolute Gasteiger partial charge is 0.381 e. The second-order valence-electron chi connectivity index (χ2n) is 17.0. The molecule has 3 N–H and O–H groups in total. The number of piperazine rings is 2. The van der Waals surface area contributed by atoms with Crippen LogP contribution in [-0.4, -0.2) is 119 Å². The van der Waals surface area contributed by atoms with Crippen molar-refractivity contribution in [3.8, 4) is 11.3 Å².